The second kappa shape index (κ2) is 13.0. The molecule has 3 aromatic rings. The highest BCUT2D eigenvalue weighted by Gasteiger charge is 2.50. The van der Waals surface area contributed by atoms with E-state index < -0.39 is 17.6 Å². The number of anilines is 1. The van der Waals surface area contributed by atoms with Crippen LogP contribution in [0.5, 0.6) is 0 Å². The summed E-state index contributed by atoms with van der Waals surface area (Å²) in [5.74, 6) is -0.401. The van der Waals surface area contributed by atoms with Gasteiger partial charge in [-0.2, -0.15) is 0 Å². The molecule has 2 unspecified atom stereocenters. The summed E-state index contributed by atoms with van der Waals surface area (Å²) in [5.41, 5.74) is 3.59. The van der Waals surface area contributed by atoms with Crippen molar-refractivity contribution in [2.24, 2.45) is 0 Å². The average Bonchev–Trinajstić information content (AvgIpc) is 3.03. The number of nitro groups is 1. The van der Waals surface area contributed by atoms with Crippen LogP contribution in [0.25, 0.3) is 0 Å². The summed E-state index contributed by atoms with van der Waals surface area (Å²) in [5, 5.41) is 24.4. The van der Waals surface area contributed by atoms with Gasteiger partial charge in [0.25, 0.3) is 5.69 Å². The van der Waals surface area contributed by atoms with Crippen LogP contribution >= 0.6 is 11.9 Å². The molecule has 0 saturated heterocycles. The molecular formula is C32H41N3O3S. The van der Waals surface area contributed by atoms with Crippen molar-refractivity contribution in [3.05, 3.63) is 99.6 Å². The standard InChI is InChI=1S/C32H41N3O3S/c1-5-7-19-32(20-8-6-2)31(36)30(25-15-12-16-27(21-25)35(37)38)28-22-26(33(3)4)17-18-29(28)39-34(32)23-24-13-10-9-11-14-24/h9-18,21-22,30-31,36H,5-8,19-20,23H2,1-4H3. The van der Waals surface area contributed by atoms with E-state index in [0.717, 1.165) is 60.2 Å². The lowest BCUT2D eigenvalue weighted by Gasteiger charge is -2.47. The van der Waals surface area contributed by atoms with Crippen LogP contribution in [-0.2, 0) is 6.54 Å². The Hall–Kier alpha value is -2.87. The van der Waals surface area contributed by atoms with Gasteiger partial charge >= 0.3 is 0 Å². The van der Waals surface area contributed by atoms with Crippen molar-refractivity contribution >= 4 is 23.3 Å². The summed E-state index contributed by atoms with van der Waals surface area (Å²) >= 11 is 1.73. The van der Waals surface area contributed by atoms with Gasteiger partial charge in [-0.1, -0.05) is 82.0 Å². The molecule has 3 aromatic carbocycles. The van der Waals surface area contributed by atoms with E-state index in [0.29, 0.717) is 6.54 Å². The molecule has 7 heteroatoms. The Morgan fingerprint density at radius 1 is 0.974 bits per heavy atom. The molecule has 0 fully saturated rings. The third-order valence-electron chi connectivity index (χ3n) is 7.95. The minimum absolute atomic E-state index is 0.0516. The molecule has 1 aliphatic heterocycles. The SMILES string of the molecule is CCCCC1(CCCC)C(O)C(c2cccc([N+](=O)[O-])c2)c2cc(N(C)C)ccc2SN1Cc1ccccc1. The topological polar surface area (TPSA) is 69.8 Å². The molecule has 1 heterocycles. The maximum Gasteiger partial charge on any atom is 0.269 e. The van der Waals surface area contributed by atoms with Crippen molar-refractivity contribution in [2.75, 3.05) is 19.0 Å². The monoisotopic (exact) mass is 547 g/mol. The van der Waals surface area contributed by atoms with Gasteiger partial charge in [0.15, 0.2) is 0 Å². The van der Waals surface area contributed by atoms with Gasteiger partial charge in [-0.3, -0.25) is 10.1 Å². The normalized spacial score (nSPS) is 18.8. The van der Waals surface area contributed by atoms with Gasteiger partial charge in [-0.05, 0) is 59.7 Å². The van der Waals surface area contributed by atoms with E-state index in [1.165, 1.54) is 11.6 Å². The third kappa shape index (κ3) is 6.32. The van der Waals surface area contributed by atoms with Crippen LogP contribution in [0.15, 0.2) is 77.7 Å². The lowest BCUT2D eigenvalue weighted by atomic mass is 9.72. The van der Waals surface area contributed by atoms with Gasteiger partial charge < -0.3 is 10.0 Å². The Bertz CT molecular complexity index is 1240. The molecule has 0 aliphatic carbocycles. The number of unbranched alkanes of at least 4 members (excludes halogenated alkanes) is 2. The Balaban J connectivity index is 1.96. The Labute approximate surface area is 237 Å². The van der Waals surface area contributed by atoms with Crippen molar-refractivity contribution in [1.82, 2.24) is 4.31 Å². The number of aliphatic hydroxyl groups is 1. The van der Waals surface area contributed by atoms with Crippen LogP contribution in [0.4, 0.5) is 11.4 Å². The van der Waals surface area contributed by atoms with Crippen molar-refractivity contribution < 1.29 is 10.0 Å². The zero-order valence-corrected chi connectivity index (χ0v) is 24.4. The van der Waals surface area contributed by atoms with Crippen LogP contribution in [-0.4, -0.2) is 40.1 Å². The number of nitro benzene ring substituents is 1. The van der Waals surface area contributed by atoms with Crippen molar-refractivity contribution in [3.63, 3.8) is 0 Å². The van der Waals surface area contributed by atoms with Crippen LogP contribution in [0.1, 0.15) is 75.0 Å². The zero-order chi connectivity index (χ0) is 28.0. The predicted molar refractivity (Wildman–Crippen MR) is 161 cm³/mol. The summed E-state index contributed by atoms with van der Waals surface area (Å²) in [6, 6.07) is 23.8. The summed E-state index contributed by atoms with van der Waals surface area (Å²) in [6.07, 6.45) is 5.00. The van der Waals surface area contributed by atoms with Crippen molar-refractivity contribution in [3.8, 4) is 0 Å². The molecule has 0 aromatic heterocycles. The van der Waals surface area contributed by atoms with Gasteiger partial charge in [-0.25, -0.2) is 4.31 Å². The summed E-state index contributed by atoms with van der Waals surface area (Å²) in [4.78, 5) is 14.6. The minimum atomic E-state index is -0.757. The van der Waals surface area contributed by atoms with Crippen LogP contribution in [0.3, 0.4) is 0 Å². The van der Waals surface area contributed by atoms with E-state index in [1.54, 1.807) is 24.1 Å². The second-order valence-electron chi connectivity index (χ2n) is 10.8. The quantitative estimate of drug-likeness (QED) is 0.150. The largest absolute Gasteiger partial charge is 0.390 e. The predicted octanol–water partition coefficient (Wildman–Crippen LogP) is 7.80. The van der Waals surface area contributed by atoms with Gasteiger partial charge in [-0.15, -0.1) is 0 Å². The first-order chi connectivity index (χ1) is 18.8. The van der Waals surface area contributed by atoms with Gasteiger partial charge in [0.2, 0.25) is 0 Å². The molecular weight excluding hydrogens is 506 g/mol. The fraction of sp³-hybridized carbons (Fsp3) is 0.438. The van der Waals surface area contributed by atoms with E-state index in [1.807, 2.05) is 26.2 Å². The molecule has 0 radical (unpaired) electrons. The molecule has 2 atom stereocenters. The van der Waals surface area contributed by atoms with Crippen molar-refractivity contribution in [1.29, 1.82) is 0 Å². The van der Waals surface area contributed by atoms with Crippen LogP contribution < -0.4 is 4.90 Å². The molecule has 0 bridgehead atoms. The van der Waals surface area contributed by atoms with E-state index in [4.69, 9.17) is 0 Å². The Morgan fingerprint density at radius 3 is 2.28 bits per heavy atom. The van der Waals surface area contributed by atoms with Crippen LogP contribution in [0.2, 0.25) is 0 Å². The molecule has 39 heavy (non-hydrogen) atoms. The Kier molecular flexibility index (Phi) is 9.70. The van der Waals surface area contributed by atoms with Crippen molar-refractivity contribution in [2.45, 2.75) is 81.4 Å². The summed E-state index contributed by atoms with van der Waals surface area (Å²) in [7, 11) is 4.03. The maximum atomic E-state index is 12.7. The lowest BCUT2D eigenvalue weighted by molar-refractivity contribution is -0.384. The van der Waals surface area contributed by atoms with E-state index in [9.17, 15) is 15.2 Å². The van der Waals surface area contributed by atoms with Gasteiger partial charge in [0.05, 0.1) is 16.6 Å². The number of hydrogen-bond donors (Lipinski definition) is 1. The second-order valence-corrected chi connectivity index (χ2v) is 11.9. The number of benzene rings is 3. The van der Waals surface area contributed by atoms with E-state index in [2.05, 4.69) is 65.5 Å². The first-order valence-electron chi connectivity index (χ1n) is 14.0. The van der Waals surface area contributed by atoms with Gasteiger partial charge in [0, 0.05) is 49.3 Å². The molecule has 6 nitrogen and oxygen atoms in total. The lowest BCUT2D eigenvalue weighted by Crippen LogP contribution is -2.55. The molecule has 4 rings (SSSR count). The number of fused-ring (bicyclic) bond motifs is 1. The molecule has 1 N–H and O–H groups in total. The molecule has 0 spiro atoms. The smallest absolute Gasteiger partial charge is 0.269 e. The van der Waals surface area contributed by atoms with E-state index in [-0.39, 0.29) is 10.6 Å². The van der Waals surface area contributed by atoms with Crippen LogP contribution in [0, 0.1) is 10.1 Å². The number of aliphatic hydroxyl groups excluding tert-OH is 1. The third-order valence-corrected chi connectivity index (χ3v) is 9.23. The summed E-state index contributed by atoms with van der Waals surface area (Å²) < 4.78 is 2.43. The summed E-state index contributed by atoms with van der Waals surface area (Å²) in [6.45, 7) is 5.09. The molecule has 208 valence electrons. The number of hydrogen-bond acceptors (Lipinski definition) is 6. The first kappa shape index (κ1) is 29.1. The van der Waals surface area contributed by atoms with E-state index >= 15 is 0 Å². The zero-order valence-electron chi connectivity index (χ0n) is 23.5. The fourth-order valence-corrected chi connectivity index (χ4v) is 7.09. The van der Waals surface area contributed by atoms with Gasteiger partial charge in [0.1, 0.15) is 0 Å². The number of non-ortho nitro benzene ring substituents is 1. The first-order valence-corrected chi connectivity index (χ1v) is 14.8. The average molecular weight is 548 g/mol. The number of nitrogens with zero attached hydrogens (tertiary/aromatic N) is 3. The highest BCUT2D eigenvalue weighted by atomic mass is 32.2. The maximum absolute atomic E-state index is 12.7. The fourth-order valence-electron chi connectivity index (χ4n) is 5.75. The molecule has 0 saturated carbocycles. The molecule has 0 amide bonds. The minimum Gasteiger partial charge on any atom is -0.390 e. The molecule has 1 aliphatic rings. The highest BCUT2D eigenvalue weighted by Crippen LogP contribution is 2.52. The number of rotatable bonds is 11. The highest BCUT2D eigenvalue weighted by molar-refractivity contribution is 7.97. The Morgan fingerprint density at radius 2 is 1.67 bits per heavy atom.